The molecule has 12 heavy (non-hydrogen) atoms. The molecule has 1 aliphatic heterocycles. The van der Waals surface area contributed by atoms with Gasteiger partial charge in [0.15, 0.2) is 5.79 Å². The highest BCUT2D eigenvalue weighted by molar-refractivity contribution is 7.93. The van der Waals surface area contributed by atoms with Crippen molar-refractivity contribution >= 4 is 12.0 Å². The van der Waals surface area contributed by atoms with Crippen LogP contribution in [0.4, 0.5) is 0 Å². The minimum absolute atomic E-state index is 0.380. The molecule has 0 amide bonds. The number of rotatable bonds is 3. The predicted molar refractivity (Wildman–Crippen MR) is 48.9 cm³/mol. The Morgan fingerprint density at radius 2 is 2.00 bits per heavy atom. The van der Waals surface area contributed by atoms with Crippen LogP contribution in [-0.4, -0.2) is 31.9 Å². The molecule has 1 aliphatic rings. The largest absolute Gasteiger partial charge is 0.350 e. The second kappa shape index (κ2) is 4.46. The molecule has 0 aromatic heterocycles. The van der Waals surface area contributed by atoms with Crippen LogP contribution in [0, 0.1) is 5.92 Å². The Balaban J connectivity index is 2.18. The summed E-state index contributed by atoms with van der Waals surface area (Å²) in [6.07, 6.45) is 1.91. The highest BCUT2D eigenvalue weighted by Gasteiger charge is 2.28. The minimum Gasteiger partial charge on any atom is -0.350 e. The zero-order valence-electron chi connectivity index (χ0n) is 7.83. The van der Waals surface area contributed by atoms with Crippen molar-refractivity contribution in [3.8, 4) is 0 Å². The van der Waals surface area contributed by atoms with E-state index in [4.69, 9.17) is 13.7 Å². The van der Waals surface area contributed by atoms with Crippen molar-refractivity contribution in [1.29, 1.82) is 0 Å². The fourth-order valence-corrected chi connectivity index (χ4v) is 1.32. The molecule has 0 aromatic carbocycles. The molecule has 0 aliphatic carbocycles. The van der Waals surface area contributed by atoms with Gasteiger partial charge in [0.1, 0.15) is 0 Å². The highest BCUT2D eigenvalue weighted by Crippen LogP contribution is 2.20. The van der Waals surface area contributed by atoms with Gasteiger partial charge in [0, 0.05) is 12.2 Å². The second-order valence-electron chi connectivity index (χ2n) is 3.34. The molecule has 0 N–H and O–H groups in total. The van der Waals surface area contributed by atoms with Gasteiger partial charge >= 0.3 is 0 Å². The van der Waals surface area contributed by atoms with Gasteiger partial charge < -0.3 is 13.7 Å². The first-order valence-corrected chi connectivity index (χ1v) is 5.22. The lowest BCUT2D eigenvalue weighted by Gasteiger charge is -2.34. The quantitative estimate of drug-likeness (QED) is 0.636. The van der Waals surface area contributed by atoms with Crippen LogP contribution in [0.15, 0.2) is 0 Å². The Bertz CT molecular complexity index is 128. The lowest BCUT2D eigenvalue weighted by molar-refractivity contribution is -0.264. The fraction of sp³-hybridized carbons (Fsp3) is 1.00. The van der Waals surface area contributed by atoms with Crippen molar-refractivity contribution in [2.24, 2.45) is 5.92 Å². The van der Waals surface area contributed by atoms with E-state index in [9.17, 15) is 0 Å². The maximum Gasteiger partial charge on any atom is 0.162 e. The number of hydrogen-bond donors (Lipinski definition) is 0. The van der Waals surface area contributed by atoms with E-state index in [-0.39, 0.29) is 0 Å². The van der Waals surface area contributed by atoms with E-state index in [2.05, 4.69) is 0 Å². The van der Waals surface area contributed by atoms with Crippen LogP contribution in [0.1, 0.15) is 13.8 Å². The first-order valence-electron chi connectivity index (χ1n) is 4.07. The lowest BCUT2D eigenvalue weighted by Crippen LogP contribution is -2.40. The van der Waals surface area contributed by atoms with E-state index >= 15 is 0 Å². The Hall–Kier alpha value is 0.230. The van der Waals surface area contributed by atoms with Crippen LogP contribution in [0.3, 0.4) is 0 Å². The zero-order chi connectivity index (χ0) is 9.03. The summed E-state index contributed by atoms with van der Waals surface area (Å²) in [6, 6.07) is 0. The summed E-state index contributed by atoms with van der Waals surface area (Å²) in [5.41, 5.74) is 0. The van der Waals surface area contributed by atoms with Gasteiger partial charge in [-0.05, 0) is 25.9 Å². The summed E-state index contributed by atoms with van der Waals surface area (Å²) in [5.74, 6) is -0.0268. The molecule has 1 rings (SSSR count). The predicted octanol–water partition coefficient (Wildman–Crippen LogP) is 1.68. The molecule has 0 atom stereocenters. The summed E-state index contributed by atoms with van der Waals surface area (Å²) < 4.78 is 16.1. The van der Waals surface area contributed by atoms with Gasteiger partial charge in [0.25, 0.3) is 0 Å². The van der Waals surface area contributed by atoms with Crippen LogP contribution in [-0.2, 0) is 13.7 Å². The molecule has 0 spiro atoms. The van der Waals surface area contributed by atoms with Crippen LogP contribution in [0.25, 0.3) is 0 Å². The third-order valence-electron chi connectivity index (χ3n) is 1.75. The highest BCUT2D eigenvalue weighted by atomic mass is 32.2. The van der Waals surface area contributed by atoms with Crippen LogP contribution < -0.4 is 0 Å². The van der Waals surface area contributed by atoms with Gasteiger partial charge in [-0.15, -0.1) is 0 Å². The Kier molecular flexibility index (Phi) is 3.83. The second-order valence-corrected chi connectivity index (χ2v) is 3.91. The molecular weight excluding hydrogens is 176 g/mol. The van der Waals surface area contributed by atoms with Gasteiger partial charge in [0.2, 0.25) is 0 Å². The van der Waals surface area contributed by atoms with E-state index in [1.165, 1.54) is 12.0 Å². The lowest BCUT2D eigenvalue weighted by atomic mass is 10.1. The van der Waals surface area contributed by atoms with Crippen LogP contribution in [0.5, 0.6) is 0 Å². The fourth-order valence-electron chi connectivity index (χ4n) is 0.987. The molecule has 1 saturated heterocycles. The van der Waals surface area contributed by atoms with Gasteiger partial charge in [-0.2, -0.15) is 0 Å². The van der Waals surface area contributed by atoms with Crippen molar-refractivity contribution in [2.45, 2.75) is 19.6 Å². The van der Waals surface area contributed by atoms with Crippen molar-refractivity contribution in [3.05, 3.63) is 0 Å². The summed E-state index contributed by atoms with van der Waals surface area (Å²) in [5, 5.41) is 0. The Morgan fingerprint density at radius 3 is 2.50 bits per heavy atom. The molecule has 1 heterocycles. The van der Waals surface area contributed by atoms with Crippen LogP contribution in [0.2, 0.25) is 0 Å². The summed E-state index contributed by atoms with van der Waals surface area (Å²) in [7, 11) is 0. The Morgan fingerprint density at radius 1 is 1.42 bits per heavy atom. The van der Waals surface area contributed by atoms with Crippen molar-refractivity contribution in [1.82, 2.24) is 0 Å². The SMILES string of the molecule is CSOCC1COC(C)(C)OC1. The molecule has 4 heteroatoms. The van der Waals surface area contributed by atoms with Crippen molar-refractivity contribution in [3.63, 3.8) is 0 Å². The molecule has 0 unspecified atom stereocenters. The normalized spacial score (nSPS) is 24.2. The first kappa shape index (κ1) is 10.3. The minimum atomic E-state index is -0.407. The van der Waals surface area contributed by atoms with E-state index in [0.29, 0.717) is 12.5 Å². The van der Waals surface area contributed by atoms with E-state index in [1.54, 1.807) is 0 Å². The van der Waals surface area contributed by atoms with E-state index < -0.39 is 5.79 Å². The maximum absolute atomic E-state index is 5.46. The first-order chi connectivity index (χ1) is 5.64. The number of hydrogen-bond acceptors (Lipinski definition) is 4. The molecule has 72 valence electrons. The Labute approximate surface area is 78.0 Å². The molecule has 0 radical (unpaired) electrons. The van der Waals surface area contributed by atoms with Crippen molar-refractivity contribution < 1.29 is 13.7 Å². The van der Waals surface area contributed by atoms with E-state index in [1.807, 2.05) is 20.1 Å². The molecule has 0 aromatic rings. The van der Waals surface area contributed by atoms with Crippen LogP contribution >= 0.6 is 12.0 Å². The summed E-state index contributed by atoms with van der Waals surface area (Å²) in [4.78, 5) is 0. The molecular formula is C8H16O3S. The molecule has 0 bridgehead atoms. The summed E-state index contributed by atoms with van der Waals surface area (Å²) >= 11 is 1.38. The average molecular weight is 192 g/mol. The zero-order valence-corrected chi connectivity index (χ0v) is 8.65. The monoisotopic (exact) mass is 192 g/mol. The standard InChI is InChI=1S/C8H16O3S/c1-8(2)9-4-7(5-10-8)6-11-12-3/h7H,4-6H2,1-3H3. The average Bonchev–Trinajstić information content (AvgIpc) is 2.03. The van der Waals surface area contributed by atoms with Gasteiger partial charge in [0.05, 0.1) is 19.8 Å². The maximum atomic E-state index is 5.46. The van der Waals surface area contributed by atoms with Gasteiger partial charge in [-0.3, -0.25) is 0 Å². The number of ether oxygens (including phenoxy) is 2. The topological polar surface area (TPSA) is 27.7 Å². The molecule has 3 nitrogen and oxygen atoms in total. The van der Waals surface area contributed by atoms with Gasteiger partial charge in [-0.25, -0.2) is 0 Å². The molecule has 0 saturated carbocycles. The smallest absolute Gasteiger partial charge is 0.162 e. The third-order valence-corrected chi connectivity index (χ3v) is 2.13. The van der Waals surface area contributed by atoms with Crippen molar-refractivity contribution in [2.75, 3.05) is 26.1 Å². The van der Waals surface area contributed by atoms with E-state index in [0.717, 1.165) is 13.2 Å². The third kappa shape index (κ3) is 3.31. The van der Waals surface area contributed by atoms with Gasteiger partial charge in [-0.1, -0.05) is 0 Å². The summed E-state index contributed by atoms with van der Waals surface area (Å²) in [6.45, 7) is 6.02. The molecule has 1 fully saturated rings.